The topological polar surface area (TPSA) is 29.5 Å². The third-order valence-corrected chi connectivity index (χ3v) is 2.13. The van der Waals surface area contributed by atoms with Crippen LogP contribution in [0, 0.1) is 0 Å². The summed E-state index contributed by atoms with van der Waals surface area (Å²) < 4.78 is 42.7. The molecule has 0 aromatic rings. The first-order valence-electron chi connectivity index (χ1n) is 6.06. The fourth-order valence-electron chi connectivity index (χ4n) is 1.45. The zero-order valence-electron chi connectivity index (χ0n) is 11.0. The molecule has 0 spiro atoms. The van der Waals surface area contributed by atoms with Crippen LogP contribution in [0.4, 0.5) is 13.2 Å². The van der Waals surface area contributed by atoms with E-state index in [4.69, 9.17) is 0 Å². The van der Waals surface area contributed by atoms with Gasteiger partial charge in [0.05, 0.1) is 6.61 Å². The maximum Gasteiger partial charge on any atom is 0.424 e. The highest BCUT2D eigenvalue weighted by molar-refractivity contribution is 5.89. The number of halogens is 3. The Hall–Kier alpha value is -1.20. The van der Waals surface area contributed by atoms with Gasteiger partial charge >= 0.3 is 12.1 Å². The number of alkyl halides is 3. The summed E-state index contributed by atoms with van der Waals surface area (Å²) in [7, 11) is 0. The van der Waals surface area contributed by atoms with Crippen molar-refractivity contribution in [3.8, 4) is 0 Å². The van der Waals surface area contributed by atoms with E-state index >= 15 is 0 Å². The van der Waals surface area contributed by atoms with Crippen molar-refractivity contribution in [2.45, 2.75) is 39.8 Å². The SMILES string of the molecule is CCCN(/C=C(\C(=O)OCC)C(F)(F)F)CCC. The summed E-state index contributed by atoms with van der Waals surface area (Å²) in [6.45, 7) is 6.09. The zero-order chi connectivity index (χ0) is 14.2. The van der Waals surface area contributed by atoms with Crippen LogP contribution in [0.5, 0.6) is 0 Å². The Kier molecular flexibility index (Phi) is 7.47. The molecule has 0 aliphatic rings. The van der Waals surface area contributed by atoms with Crippen LogP contribution in [0.1, 0.15) is 33.6 Å². The first-order chi connectivity index (χ1) is 8.36. The van der Waals surface area contributed by atoms with Gasteiger partial charge in [-0.3, -0.25) is 0 Å². The first-order valence-corrected chi connectivity index (χ1v) is 6.06. The number of hydrogen-bond donors (Lipinski definition) is 0. The molecule has 0 unspecified atom stereocenters. The van der Waals surface area contributed by atoms with Crippen LogP contribution in [-0.2, 0) is 9.53 Å². The molecule has 0 saturated carbocycles. The Bertz CT molecular complexity index is 282. The van der Waals surface area contributed by atoms with E-state index < -0.39 is 17.7 Å². The molecule has 3 nitrogen and oxygen atoms in total. The molecule has 0 aliphatic carbocycles. The summed E-state index contributed by atoms with van der Waals surface area (Å²) in [6, 6.07) is 0. The Morgan fingerprint density at radius 1 is 1.17 bits per heavy atom. The lowest BCUT2D eigenvalue weighted by Crippen LogP contribution is -2.28. The van der Waals surface area contributed by atoms with E-state index in [-0.39, 0.29) is 6.61 Å². The molecule has 0 N–H and O–H groups in total. The Labute approximate surface area is 106 Å². The van der Waals surface area contributed by atoms with Crippen LogP contribution < -0.4 is 0 Å². The zero-order valence-corrected chi connectivity index (χ0v) is 11.0. The maximum atomic E-state index is 12.7. The number of hydrogen-bond acceptors (Lipinski definition) is 3. The van der Waals surface area contributed by atoms with Crippen LogP contribution >= 0.6 is 0 Å². The predicted molar refractivity (Wildman–Crippen MR) is 62.9 cm³/mol. The summed E-state index contributed by atoms with van der Waals surface area (Å²) in [5.74, 6) is -1.32. The van der Waals surface area contributed by atoms with Gasteiger partial charge in [-0.25, -0.2) is 4.79 Å². The summed E-state index contributed by atoms with van der Waals surface area (Å²) in [5, 5.41) is 0. The highest BCUT2D eigenvalue weighted by Gasteiger charge is 2.40. The average molecular weight is 267 g/mol. The van der Waals surface area contributed by atoms with Gasteiger partial charge < -0.3 is 9.64 Å². The maximum absolute atomic E-state index is 12.7. The van der Waals surface area contributed by atoms with E-state index in [0.717, 1.165) is 6.20 Å². The molecular formula is C12H20F3NO2. The van der Waals surface area contributed by atoms with E-state index in [1.165, 1.54) is 11.8 Å². The average Bonchev–Trinajstić information content (AvgIpc) is 2.24. The second-order valence-corrected chi connectivity index (χ2v) is 3.80. The van der Waals surface area contributed by atoms with Gasteiger partial charge in [0.15, 0.2) is 5.57 Å². The third kappa shape index (κ3) is 5.93. The van der Waals surface area contributed by atoms with Crippen molar-refractivity contribution in [2.24, 2.45) is 0 Å². The smallest absolute Gasteiger partial charge is 0.424 e. The number of nitrogens with zero attached hydrogens (tertiary/aromatic N) is 1. The fraction of sp³-hybridized carbons (Fsp3) is 0.750. The number of carbonyl (C=O) groups excluding carboxylic acids is 1. The molecule has 0 heterocycles. The van der Waals surface area contributed by atoms with E-state index in [2.05, 4.69) is 4.74 Å². The van der Waals surface area contributed by atoms with Crippen molar-refractivity contribution in [3.63, 3.8) is 0 Å². The molecule has 0 aliphatic heterocycles. The molecule has 0 amide bonds. The monoisotopic (exact) mass is 267 g/mol. The molecule has 106 valence electrons. The highest BCUT2D eigenvalue weighted by atomic mass is 19.4. The standard InChI is InChI=1S/C12H20F3NO2/c1-4-7-16(8-5-2)9-10(12(13,14)15)11(17)18-6-3/h9H,4-8H2,1-3H3/b10-9+. The van der Waals surface area contributed by atoms with Gasteiger partial charge in [0.25, 0.3) is 0 Å². The normalized spacial score (nSPS) is 12.4. The van der Waals surface area contributed by atoms with Gasteiger partial charge in [0.1, 0.15) is 0 Å². The molecule has 0 aromatic heterocycles. The molecule has 6 heteroatoms. The van der Waals surface area contributed by atoms with Gasteiger partial charge in [-0.15, -0.1) is 0 Å². The Morgan fingerprint density at radius 2 is 1.67 bits per heavy atom. The number of ether oxygens (including phenoxy) is 1. The van der Waals surface area contributed by atoms with Crippen molar-refractivity contribution in [2.75, 3.05) is 19.7 Å². The van der Waals surface area contributed by atoms with Crippen molar-refractivity contribution >= 4 is 5.97 Å². The lowest BCUT2D eigenvalue weighted by Gasteiger charge is -2.21. The molecule has 0 bridgehead atoms. The minimum absolute atomic E-state index is 0.0756. The lowest BCUT2D eigenvalue weighted by atomic mass is 10.2. The van der Waals surface area contributed by atoms with Crippen molar-refractivity contribution in [1.29, 1.82) is 0 Å². The summed E-state index contributed by atoms with van der Waals surface area (Å²) in [6.07, 6.45) is -2.40. The van der Waals surface area contributed by atoms with E-state index in [1.807, 2.05) is 13.8 Å². The lowest BCUT2D eigenvalue weighted by molar-refractivity contribution is -0.150. The van der Waals surface area contributed by atoms with Gasteiger partial charge in [-0.1, -0.05) is 13.8 Å². The number of rotatable bonds is 7. The molecule has 0 rings (SSSR count). The molecule has 0 radical (unpaired) electrons. The second kappa shape index (κ2) is 8.00. The summed E-state index contributed by atoms with van der Waals surface area (Å²) in [4.78, 5) is 12.8. The number of carbonyl (C=O) groups is 1. The molecule has 18 heavy (non-hydrogen) atoms. The van der Waals surface area contributed by atoms with Crippen LogP contribution in [0.15, 0.2) is 11.8 Å². The van der Waals surface area contributed by atoms with Crippen molar-refractivity contribution < 1.29 is 22.7 Å². The number of esters is 1. The quantitative estimate of drug-likeness (QED) is 0.524. The van der Waals surface area contributed by atoms with Gasteiger partial charge in [0.2, 0.25) is 0 Å². The van der Waals surface area contributed by atoms with Gasteiger partial charge in [-0.2, -0.15) is 13.2 Å². The minimum atomic E-state index is -4.69. The first kappa shape index (κ1) is 16.8. The second-order valence-electron chi connectivity index (χ2n) is 3.80. The molecule has 0 atom stereocenters. The minimum Gasteiger partial charge on any atom is -0.462 e. The van der Waals surface area contributed by atoms with E-state index in [1.54, 1.807) is 0 Å². The molecule has 0 fully saturated rings. The summed E-state index contributed by atoms with van der Waals surface area (Å²) >= 11 is 0. The van der Waals surface area contributed by atoms with E-state index in [9.17, 15) is 18.0 Å². The molecule has 0 aromatic carbocycles. The predicted octanol–water partition coefficient (Wildman–Crippen LogP) is 3.12. The van der Waals surface area contributed by atoms with Gasteiger partial charge in [-0.05, 0) is 19.8 Å². The Balaban J connectivity index is 5.07. The van der Waals surface area contributed by atoms with Gasteiger partial charge in [0, 0.05) is 19.3 Å². The third-order valence-electron chi connectivity index (χ3n) is 2.13. The summed E-state index contributed by atoms with van der Waals surface area (Å²) in [5.41, 5.74) is -1.24. The largest absolute Gasteiger partial charge is 0.462 e. The molecule has 0 saturated heterocycles. The van der Waals surface area contributed by atoms with Crippen molar-refractivity contribution in [1.82, 2.24) is 4.90 Å². The van der Waals surface area contributed by atoms with Crippen LogP contribution in [-0.4, -0.2) is 36.7 Å². The van der Waals surface area contributed by atoms with E-state index in [0.29, 0.717) is 25.9 Å². The fourth-order valence-corrected chi connectivity index (χ4v) is 1.45. The Morgan fingerprint density at radius 3 is 2.00 bits per heavy atom. The molecular weight excluding hydrogens is 247 g/mol. The highest BCUT2D eigenvalue weighted by Crippen LogP contribution is 2.27. The van der Waals surface area contributed by atoms with Crippen molar-refractivity contribution in [3.05, 3.63) is 11.8 Å². The van der Waals surface area contributed by atoms with Crippen LogP contribution in [0.3, 0.4) is 0 Å². The van der Waals surface area contributed by atoms with Crippen LogP contribution in [0.25, 0.3) is 0 Å². The van der Waals surface area contributed by atoms with Crippen LogP contribution in [0.2, 0.25) is 0 Å².